The van der Waals surface area contributed by atoms with Crippen LogP contribution in [0, 0.1) is 0 Å². The number of hydrogen-bond donors (Lipinski definition) is 2. The zero-order valence-electron chi connectivity index (χ0n) is 12.0. The summed E-state index contributed by atoms with van der Waals surface area (Å²) in [6.45, 7) is 8.39. The van der Waals surface area contributed by atoms with E-state index in [9.17, 15) is 0 Å². The average molecular weight is 451 g/mol. The van der Waals surface area contributed by atoms with Crippen molar-refractivity contribution < 1.29 is 21.1 Å². The maximum Gasteiger partial charge on any atom is 0.0460 e. The maximum absolute atomic E-state index is 6.28. The number of anilines is 1. The van der Waals surface area contributed by atoms with Gasteiger partial charge in [-0.05, 0) is 17.2 Å². The van der Waals surface area contributed by atoms with Crippen molar-refractivity contribution in [2.24, 2.45) is 11.6 Å². The molecular weight excluding hydrogens is 432 g/mol. The van der Waals surface area contributed by atoms with Crippen LogP contribution < -0.4 is 16.5 Å². The van der Waals surface area contributed by atoms with Crippen molar-refractivity contribution in [3.05, 3.63) is 77.4 Å². The zero-order valence-corrected chi connectivity index (χ0v) is 15.0. The first kappa shape index (κ1) is 17.3. The van der Waals surface area contributed by atoms with Crippen LogP contribution in [-0.2, 0) is 21.1 Å². The minimum atomic E-state index is 0. The average Bonchev–Trinajstić information content (AvgIpc) is 2.48. The maximum atomic E-state index is 6.28. The number of nitrogens with two attached hydrogens (primary N) is 2. The third kappa shape index (κ3) is 3.12. The Kier molecular flexibility index (Phi) is 6.01. The third-order valence-electron chi connectivity index (χ3n) is 3.45. The summed E-state index contributed by atoms with van der Waals surface area (Å²) in [5, 5.41) is 0. The first-order chi connectivity index (χ1) is 9.63. The van der Waals surface area contributed by atoms with Gasteiger partial charge in [0, 0.05) is 51.6 Å². The minimum Gasteiger partial charge on any atom is -0.623 e. The van der Waals surface area contributed by atoms with E-state index in [2.05, 4.69) is 23.5 Å². The summed E-state index contributed by atoms with van der Waals surface area (Å²) in [6.07, 6.45) is 3.51. The van der Waals surface area contributed by atoms with Crippen LogP contribution in [0.2, 0.25) is 0 Å². The summed E-state index contributed by atoms with van der Waals surface area (Å²) in [6, 6.07) is 7.91. The number of likely N-dealkylation sites (N-methyl/N-ethyl adjacent to an activating group) is 1. The fourth-order valence-electron chi connectivity index (χ4n) is 2.43. The van der Waals surface area contributed by atoms with Gasteiger partial charge >= 0.3 is 0 Å². The molecule has 1 aliphatic heterocycles. The van der Waals surface area contributed by atoms with Crippen LogP contribution in [0.4, 0.5) is 5.69 Å². The van der Waals surface area contributed by atoms with E-state index in [0.717, 1.165) is 22.4 Å². The van der Waals surface area contributed by atoms with Crippen molar-refractivity contribution >= 4 is 11.4 Å². The van der Waals surface area contributed by atoms with Crippen molar-refractivity contribution in [1.29, 1.82) is 0 Å². The van der Waals surface area contributed by atoms with Gasteiger partial charge in [-0.25, -0.2) is 0 Å². The first-order valence-electron chi connectivity index (χ1n) is 6.33. The number of hydrogen-bond acceptors (Lipinski definition) is 3. The van der Waals surface area contributed by atoms with Crippen LogP contribution >= 0.6 is 0 Å². The number of nitrogens with zero attached hydrogens (tertiary/aromatic N) is 2. The van der Waals surface area contributed by atoms with Crippen molar-refractivity contribution in [3.8, 4) is 0 Å². The molecule has 4 N–H and O–H groups in total. The molecule has 1 heterocycles. The molecule has 0 spiro atoms. The number of fused-ring (bicyclic) bond motifs is 1. The largest absolute Gasteiger partial charge is 0.623 e. The fraction of sp³-hybridized carbons (Fsp3) is 0.125. The molecule has 2 rings (SSSR count). The fourth-order valence-corrected chi connectivity index (χ4v) is 2.43. The molecular formula is C16H19N4W-. The molecule has 110 valence electrons. The summed E-state index contributed by atoms with van der Waals surface area (Å²) in [7, 11) is 2.01. The topological polar surface area (TPSA) is 69.4 Å². The summed E-state index contributed by atoms with van der Waals surface area (Å²) < 4.78 is 0. The van der Waals surface area contributed by atoms with E-state index in [0.29, 0.717) is 17.9 Å². The molecule has 0 fully saturated rings. The molecule has 0 aliphatic carbocycles. The smallest absolute Gasteiger partial charge is 0.0460 e. The molecule has 5 heteroatoms. The predicted molar refractivity (Wildman–Crippen MR) is 85.8 cm³/mol. The van der Waals surface area contributed by atoms with Crippen LogP contribution in [0.5, 0.6) is 0 Å². The van der Waals surface area contributed by atoms with E-state index in [4.69, 9.17) is 11.6 Å². The summed E-state index contributed by atoms with van der Waals surface area (Å²) >= 11 is 0. The molecule has 0 radical (unpaired) electrons. The van der Waals surface area contributed by atoms with Gasteiger partial charge in [0.15, 0.2) is 0 Å². The second-order valence-electron chi connectivity index (χ2n) is 4.61. The zero-order chi connectivity index (χ0) is 14.7. The Morgan fingerprint density at radius 1 is 1.24 bits per heavy atom. The van der Waals surface area contributed by atoms with Gasteiger partial charge in [-0.1, -0.05) is 49.2 Å². The van der Waals surface area contributed by atoms with Crippen molar-refractivity contribution in [1.82, 2.24) is 0 Å². The van der Waals surface area contributed by atoms with E-state index in [1.165, 1.54) is 0 Å². The van der Waals surface area contributed by atoms with Gasteiger partial charge in [-0.2, -0.15) is 0 Å². The minimum absolute atomic E-state index is 0. The van der Waals surface area contributed by atoms with Crippen LogP contribution in [-0.4, -0.2) is 13.6 Å². The van der Waals surface area contributed by atoms with Gasteiger partial charge in [-0.3, -0.25) is 0 Å². The standard InChI is InChI=1S/C16H19N4.W/c1-4-11-10-20(3)14-9-7-6-8-13(14)15(17)16(19-18)12(11)5-2;/h4-9H,1-2,10,17-18H2,3H3;/q-1;/b12-11-,16-15-;. The number of benzene rings is 1. The Labute approximate surface area is 140 Å². The summed E-state index contributed by atoms with van der Waals surface area (Å²) in [5.41, 5.74) is 15.0. The molecule has 4 nitrogen and oxygen atoms in total. The van der Waals surface area contributed by atoms with Gasteiger partial charge in [0.05, 0.1) is 0 Å². The van der Waals surface area contributed by atoms with Crippen LogP contribution in [0.3, 0.4) is 0 Å². The van der Waals surface area contributed by atoms with E-state index in [1.807, 2.05) is 31.3 Å². The molecule has 0 aromatic heterocycles. The third-order valence-corrected chi connectivity index (χ3v) is 3.45. The second kappa shape index (κ2) is 7.30. The van der Waals surface area contributed by atoms with Crippen LogP contribution in [0.15, 0.2) is 66.4 Å². The number of allylic oxidation sites excluding steroid dienone is 1. The Morgan fingerprint density at radius 3 is 2.48 bits per heavy atom. The molecule has 0 atom stereocenters. The van der Waals surface area contributed by atoms with E-state index in [1.54, 1.807) is 12.2 Å². The Hall–Kier alpha value is -1.77. The SMILES string of the molecule is C=C/C1=C(C=C)/C([N-]N)=C(/N)c2ccccc2N(C)C1.[W]. The Morgan fingerprint density at radius 2 is 1.90 bits per heavy atom. The summed E-state index contributed by atoms with van der Waals surface area (Å²) in [4.78, 5) is 2.12. The Bertz CT molecular complexity index is 616. The molecule has 0 bridgehead atoms. The molecule has 1 aliphatic rings. The molecule has 0 saturated heterocycles. The second-order valence-corrected chi connectivity index (χ2v) is 4.61. The Balaban J connectivity index is 0.00000220. The molecule has 0 saturated carbocycles. The van der Waals surface area contributed by atoms with Gasteiger partial charge in [0.25, 0.3) is 0 Å². The molecule has 0 amide bonds. The van der Waals surface area contributed by atoms with E-state index >= 15 is 0 Å². The van der Waals surface area contributed by atoms with Gasteiger partial charge < -0.3 is 21.9 Å². The van der Waals surface area contributed by atoms with Crippen molar-refractivity contribution in [3.63, 3.8) is 0 Å². The molecule has 0 unspecified atom stereocenters. The van der Waals surface area contributed by atoms with Crippen LogP contribution in [0.1, 0.15) is 5.56 Å². The molecule has 21 heavy (non-hydrogen) atoms. The first-order valence-corrected chi connectivity index (χ1v) is 6.33. The monoisotopic (exact) mass is 451 g/mol. The quantitative estimate of drug-likeness (QED) is 0.549. The normalized spacial score (nSPS) is 21.5. The van der Waals surface area contributed by atoms with E-state index in [-0.39, 0.29) is 21.1 Å². The molecule has 1 aromatic rings. The molecule has 1 aromatic carbocycles. The van der Waals surface area contributed by atoms with Crippen molar-refractivity contribution in [2.75, 3.05) is 18.5 Å². The summed E-state index contributed by atoms with van der Waals surface area (Å²) in [5.74, 6) is 5.55. The van der Waals surface area contributed by atoms with Gasteiger partial charge in [-0.15, -0.1) is 0 Å². The van der Waals surface area contributed by atoms with Crippen LogP contribution in [0.25, 0.3) is 11.1 Å². The predicted octanol–water partition coefficient (Wildman–Crippen LogP) is 2.68. The number of rotatable bonds is 3. The number of para-hydroxylation sites is 1. The van der Waals surface area contributed by atoms with E-state index < -0.39 is 0 Å². The van der Waals surface area contributed by atoms with Crippen molar-refractivity contribution in [2.45, 2.75) is 0 Å². The van der Waals surface area contributed by atoms with Gasteiger partial charge in [0.2, 0.25) is 0 Å². The van der Waals surface area contributed by atoms with Gasteiger partial charge in [0.1, 0.15) is 0 Å².